The number of aromatic amines is 1. The second-order valence-corrected chi connectivity index (χ2v) is 5.48. The fourth-order valence-electron chi connectivity index (χ4n) is 3.01. The number of nitrogens with one attached hydrogen (secondary N) is 2. The number of aromatic nitrogens is 1. The van der Waals surface area contributed by atoms with Gasteiger partial charge in [0.05, 0.1) is 0 Å². The van der Waals surface area contributed by atoms with Crippen molar-refractivity contribution in [3.63, 3.8) is 0 Å². The summed E-state index contributed by atoms with van der Waals surface area (Å²) in [4.78, 5) is 15.6. The number of H-pyrrole nitrogens is 1. The van der Waals surface area contributed by atoms with Crippen molar-refractivity contribution in [3.8, 4) is 0 Å². The van der Waals surface area contributed by atoms with Gasteiger partial charge in [0.2, 0.25) is 0 Å². The first-order valence-electron chi connectivity index (χ1n) is 7.14. The first-order chi connectivity index (χ1) is 9.25. The van der Waals surface area contributed by atoms with Crippen molar-refractivity contribution in [1.82, 2.24) is 10.3 Å². The molecule has 1 heterocycles. The summed E-state index contributed by atoms with van der Waals surface area (Å²) < 4.78 is 0. The number of hydrogen-bond acceptors (Lipinski definition) is 1. The predicted octanol–water partition coefficient (Wildman–Crippen LogP) is 3.54. The molecule has 3 rings (SSSR count). The first-order valence-corrected chi connectivity index (χ1v) is 7.14. The van der Waals surface area contributed by atoms with Crippen LogP contribution < -0.4 is 5.32 Å². The largest absolute Gasteiger partial charge is 0.350 e. The van der Waals surface area contributed by atoms with E-state index in [2.05, 4.69) is 16.4 Å². The average Bonchev–Trinajstić information content (AvgIpc) is 2.78. The fourth-order valence-corrected chi connectivity index (χ4v) is 3.01. The van der Waals surface area contributed by atoms with E-state index in [0.29, 0.717) is 11.7 Å². The van der Waals surface area contributed by atoms with Gasteiger partial charge in [-0.1, -0.05) is 37.5 Å². The Kier molecular flexibility index (Phi) is 3.28. The van der Waals surface area contributed by atoms with Gasteiger partial charge < -0.3 is 10.3 Å². The number of para-hydroxylation sites is 1. The van der Waals surface area contributed by atoms with Crippen molar-refractivity contribution in [3.05, 3.63) is 35.5 Å². The zero-order valence-electron chi connectivity index (χ0n) is 11.3. The lowest BCUT2D eigenvalue weighted by atomic mass is 9.95. The van der Waals surface area contributed by atoms with E-state index >= 15 is 0 Å². The van der Waals surface area contributed by atoms with Gasteiger partial charge in [0.25, 0.3) is 5.91 Å². The molecule has 1 saturated carbocycles. The molecule has 2 N–H and O–H groups in total. The molecule has 2 aromatic rings. The summed E-state index contributed by atoms with van der Waals surface area (Å²) in [5.41, 5.74) is 2.80. The maximum absolute atomic E-state index is 12.4. The molecule has 1 aliphatic rings. The summed E-state index contributed by atoms with van der Waals surface area (Å²) in [6.07, 6.45) is 6.00. The van der Waals surface area contributed by atoms with E-state index in [1.54, 1.807) is 0 Å². The molecule has 0 saturated heterocycles. The van der Waals surface area contributed by atoms with Gasteiger partial charge in [-0.05, 0) is 31.4 Å². The van der Waals surface area contributed by atoms with Gasteiger partial charge in [-0.25, -0.2) is 0 Å². The standard InChI is InChI=1S/C16H20N2O/c1-11-13-9-5-6-10-14(13)18-15(11)16(19)17-12-7-3-2-4-8-12/h5-6,9-10,12,18H,2-4,7-8H2,1H3,(H,17,19). The Morgan fingerprint density at radius 3 is 2.68 bits per heavy atom. The molecule has 1 aromatic carbocycles. The van der Waals surface area contributed by atoms with Crippen LogP contribution in [0.5, 0.6) is 0 Å². The monoisotopic (exact) mass is 256 g/mol. The van der Waals surface area contributed by atoms with Gasteiger partial charge in [0.1, 0.15) is 5.69 Å². The Morgan fingerprint density at radius 1 is 1.21 bits per heavy atom. The summed E-state index contributed by atoms with van der Waals surface area (Å²) in [6.45, 7) is 2.01. The molecular formula is C16H20N2O. The SMILES string of the molecule is Cc1c(C(=O)NC2CCCCC2)[nH]c2ccccc12. The van der Waals surface area contributed by atoms with Crippen LogP contribution in [0.15, 0.2) is 24.3 Å². The molecule has 0 radical (unpaired) electrons. The van der Waals surface area contributed by atoms with Gasteiger partial charge in [-0.2, -0.15) is 0 Å². The summed E-state index contributed by atoms with van der Waals surface area (Å²) in [5.74, 6) is 0.0422. The third-order valence-electron chi connectivity index (χ3n) is 4.13. The normalized spacial score (nSPS) is 16.7. The molecule has 1 aromatic heterocycles. The van der Waals surface area contributed by atoms with Crippen LogP contribution in [0.25, 0.3) is 10.9 Å². The molecule has 1 fully saturated rings. The third kappa shape index (κ3) is 2.37. The van der Waals surface area contributed by atoms with Crippen LogP contribution in [0.1, 0.15) is 48.2 Å². The number of fused-ring (bicyclic) bond motifs is 1. The van der Waals surface area contributed by atoms with Crippen molar-refractivity contribution in [2.24, 2.45) is 0 Å². The highest BCUT2D eigenvalue weighted by molar-refractivity contribution is 6.00. The fraction of sp³-hybridized carbons (Fsp3) is 0.438. The van der Waals surface area contributed by atoms with Crippen molar-refractivity contribution in [1.29, 1.82) is 0 Å². The minimum atomic E-state index is 0.0422. The van der Waals surface area contributed by atoms with Crippen molar-refractivity contribution >= 4 is 16.8 Å². The second-order valence-electron chi connectivity index (χ2n) is 5.48. The van der Waals surface area contributed by atoms with Gasteiger partial charge in [0, 0.05) is 16.9 Å². The maximum atomic E-state index is 12.4. The van der Waals surface area contributed by atoms with E-state index in [9.17, 15) is 4.79 Å². The molecule has 0 unspecified atom stereocenters. The highest BCUT2D eigenvalue weighted by atomic mass is 16.1. The van der Waals surface area contributed by atoms with Crippen LogP contribution in [0.2, 0.25) is 0 Å². The molecule has 0 aliphatic heterocycles. The Morgan fingerprint density at radius 2 is 1.95 bits per heavy atom. The Hall–Kier alpha value is -1.77. The lowest BCUT2D eigenvalue weighted by Gasteiger charge is -2.22. The summed E-state index contributed by atoms with van der Waals surface area (Å²) in [6, 6.07) is 8.41. The molecule has 19 heavy (non-hydrogen) atoms. The highest BCUT2D eigenvalue weighted by Crippen LogP contribution is 2.22. The topological polar surface area (TPSA) is 44.9 Å². The summed E-state index contributed by atoms with van der Waals surface area (Å²) in [5, 5.41) is 4.30. The number of hydrogen-bond donors (Lipinski definition) is 2. The van der Waals surface area contributed by atoms with Gasteiger partial charge >= 0.3 is 0 Å². The van der Waals surface area contributed by atoms with Gasteiger partial charge in [-0.3, -0.25) is 4.79 Å². The Balaban J connectivity index is 1.83. The molecular weight excluding hydrogens is 236 g/mol. The summed E-state index contributed by atoms with van der Waals surface area (Å²) >= 11 is 0. The van der Waals surface area contributed by atoms with E-state index in [1.807, 2.05) is 25.1 Å². The number of carbonyl (C=O) groups excluding carboxylic acids is 1. The quantitative estimate of drug-likeness (QED) is 0.848. The highest BCUT2D eigenvalue weighted by Gasteiger charge is 2.19. The number of rotatable bonds is 2. The molecule has 1 amide bonds. The van der Waals surface area contributed by atoms with Crippen molar-refractivity contribution in [2.45, 2.75) is 45.1 Å². The number of amides is 1. The van der Waals surface area contributed by atoms with Gasteiger partial charge in [0.15, 0.2) is 0 Å². The van der Waals surface area contributed by atoms with E-state index in [-0.39, 0.29) is 5.91 Å². The number of aryl methyl sites for hydroxylation is 1. The Labute approximate surface area is 113 Å². The van der Waals surface area contributed by atoms with Crippen molar-refractivity contribution < 1.29 is 4.79 Å². The van der Waals surface area contributed by atoms with E-state index in [1.165, 1.54) is 19.3 Å². The molecule has 0 atom stereocenters. The van der Waals surface area contributed by atoms with Crippen LogP contribution in [0, 0.1) is 6.92 Å². The lowest BCUT2D eigenvalue weighted by molar-refractivity contribution is 0.0923. The molecule has 3 heteroatoms. The zero-order chi connectivity index (χ0) is 13.2. The Bertz CT molecular complexity index is 594. The predicted molar refractivity (Wildman–Crippen MR) is 77.4 cm³/mol. The summed E-state index contributed by atoms with van der Waals surface area (Å²) in [7, 11) is 0. The second kappa shape index (κ2) is 5.08. The van der Waals surface area contributed by atoms with Gasteiger partial charge in [-0.15, -0.1) is 0 Å². The smallest absolute Gasteiger partial charge is 0.268 e. The number of benzene rings is 1. The molecule has 100 valence electrons. The van der Waals surface area contributed by atoms with Crippen LogP contribution >= 0.6 is 0 Å². The van der Waals surface area contributed by atoms with Crippen LogP contribution in [0.4, 0.5) is 0 Å². The molecule has 0 spiro atoms. The molecule has 1 aliphatic carbocycles. The zero-order valence-corrected chi connectivity index (χ0v) is 11.3. The maximum Gasteiger partial charge on any atom is 0.268 e. The average molecular weight is 256 g/mol. The van der Waals surface area contributed by atoms with E-state index in [4.69, 9.17) is 0 Å². The first kappa shape index (κ1) is 12.3. The minimum absolute atomic E-state index is 0.0422. The van der Waals surface area contributed by atoms with E-state index in [0.717, 1.165) is 29.3 Å². The van der Waals surface area contributed by atoms with Crippen LogP contribution in [0.3, 0.4) is 0 Å². The lowest BCUT2D eigenvalue weighted by Crippen LogP contribution is -2.36. The molecule has 3 nitrogen and oxygen atoms in total. The van der Waals surface area contributed by atoms with Crippen molar-refractivity contribution in [2.75, 3.05) is 0 Å². The van der Waals surface area contributed by atoms with E-state index < -0.39 is 0 Å². The van der Waals surface area contributed by atoms with Crippen LogP contribution in [-0.4, -0.2) is 16.9 Å². The third-order valence-corrected chi connectivity index (χ3v) is 4.13. The molecule has 0 bridgehead atoms. The number of carbonyl (C=O) groups is 1. The van der Waals surface area contributed by atoms with Crippen LogP contribution in [-0.2, 0) is 0 Å². The minimum Gasteiger partial charge on any atom is -0.350 e.